The van der Waals surface area contributed by atoms with Crippen LogP contribution in [0.15, 0.2) is 148 Å². The lowest BCUT2D eigenvalue weighted by atomic mass is 10.1. The van der Waals surface area contributed by atoms with Crippen LogP contribution in [-0.2, 0) is 0 Å². The maximum absolute atomic E-state index is 9.60. The van der Waals surface area contributed by atoms with Crippen molar-refractivity contribution in [2.24, 2.45) is 0 Å². The fourth-order valence-electron chi connectivity index (χ4n) is 7.82. The molecule has 0 amide bonds. The van der Waals surface area contributed by atoms with E-state index in [1.807, 2.05) is 36.4 Å². The van der Waals surface area contributed by atoms with E-state index in [9.17, 15) is 5.26 Å². The van der Waals surface area contributed by atoms with Crippen molar-refractivity contribution in [3.8, 4) is 17.4 Å². The maximum atomic E-state index is 9.60. The third-order valence-corrected chi connectivity index (χ3v) is 9.93. The van der Waals surface area contributed by atoms with E-state index < -0.39 is 0 Å². The number of rotatable bonds is 2. The summed E-state index contributed by atoms with van der Waals surface area (Å²) in [6.45, 7) is 0. The first-order valence-electron chi connectivity index (χ1n) is 16.0. The molecule has 0 saturated heterocycles. The second-order valence-corrected chi connectivity index (χ2v) is 12.5. The van der Waals surface area contributed by atoms with Gasteiger partial charge in [-0.2, -0.15) is 5.26 Å². The minimum absolute atomic E-state index is 0.654. The molecule has 0 bridgehead atoms. The molecule has 11 rings (SSSR count). The summed E-state index contributed by atoms with van der Waals surface area (Å²) in [6.07, 6.45) is 0. The molecule has 7 aromatic carbocycles. The fourth-order valence-corrected chi connectivity index (χ4v) is 7.82. The summed E-state index contributed by atoms with van der Waals surface area (Å²) in [7, 11) is 0. The van der Waals surface area contributed by atoms with E-state index in [1.165, 1.54) is 5.39 Å². The molecule has 0 aliphatic heterocycles. The van der Waals surface area contributed by atoms with Crippen LogP contribution in [0.25, 0.3) is 98.9 Å². The van der Waals surface area contributed by atoms with Gasteiger partial charge in [-0.15, -0.1) is 0 Å². The van der Waals surface area contributed by atoms with E-state index in [0.29, 0.717) is 5.56 Å². The minimum Gasteiger partial charge on any atom is -0.456 e. The molecule has 0 N–H and O–H groups in total. The highest BCUT2D eigenvalue weighted by Gasteiger charge is 2.19. The number of benzene rings is 7. The maximum Gasteiger partial charge on any atom is 0.136 e. The molecule has 0 atom stereocenters. The molecule has 5 heteroatoms. The number of hydrogen-bond donors (Lipinski definition) is 0. The van der Waals surface area contributed by atoms with Crippen LogP contribution in [0.5, 0.6) is 0 Å². The van der Waals surface area contributed by atoms with Crippen LogP contribution in [0.1, 0.15) is 5.56 Å². The lowest BCUT2D eigenvalue weighted by Gasteiger charge is -2.09. The van der Waals surface area contributed by atoms with Crippen molar-refractivity contribution in [1.29, 1.82) is 5.26 Å². The van der Waals surface area contributed by atoms with Crippen LogP contribution in [0.2, 0.25) is 0 Å². The molecule has 0 aliphatic carbocycles. The Kier molecular flexibility index (Phi) is 4.85. The molecule has 222 valence electrons. The van der Waals surface area contributed by atoms with Crippen LogP contribution in [0.3, 0.4) is 0 Å². The number of fused-ring (bicyclic) bond motifs is 12. The number of nitrogens with zero attached hydrogens (tertiary/aromatic N) is 3. The van der Waals surface area contributed by atoms with E-state index in [4.69, 9.17) is 8.83 Å². The zero-order chi connectivity index (χ0) is 31.5. The lowest BCUT2D eigenvalue weighted by Crippen LogP contribution is -1.94. The smallest absolute Gasteiger partial charge is 0.136 e. The standard InChI is InChI=1S/C43H23N3O2/c44-24-25-13-16-38-31(19-25)28-7-1-4-10-36(28)45(38)26-14-17-41-33(20-26)34-21-27(15-18-42(34)47-41)46-37-11-5-2-8-29(37)32-23-43-35(22-39(32)46)30-9-3-6-12-40(30)48-43/h1-23H. The van der Waals surface area contributed by atoms with Crippen molar-refractivity contribution in [3.63, 3.8) is 0 Å². The number of aromatic nitrogens is 2. The summed E-state index contributed by atoms with van der Waals surface area (Å²) in [6, 6.07) is 50.7. The Hall–Kier alpha value is -6.77. The summed E-state index contributed by atoms with van der Waals surface area (Å²) in [5.74, 6) is 0. The van der Waals surface area contributed by atoms with Gasteiger partial charge in [0.1, 0.15) is 22.3 Å². The second-order valence-electron chi connectivity index (χ2n) is 12.5. The summed E-state index contributed by atoms with van der Waals surface area (Å²) < 4.78 is 17.3. The molecular weight excluding hydrogens is 590 g/mol. The van der Waals surface area contributed by atoms with Gasteiger partial charge in [0.25, 0.3) is 0 Å². The zero-order valence-electron chi connectivity index (χ0n) is 25.4. The van der Waals surface area contributed by atoms with Gasteiger partial charge in [0.2, 0.25) is 0 Å². The fraction of sp³-hybridized carbons (Fsp3) is 0. The van der Waals surface area contributed by atoms with Crippen molar-refractivity contribution in [2.75, 3.05) is 0 Å². The van der Waals surface area contributed by atoms with Crippen LogP contribution in [-0.4, -0.2) is 9.13 Å². The Morgan fingerprint density at radius 2 is 0.896 bits per heavy atom. The van der Waals surface area contributed by atoms with Crippen LogP contribution < -0.4 is 0 Å². The van der Waals surface area contributed by atoms with E-state index in [0.717, 1.165) is 93.5 Å². The minimum atomic E-state index is 0.654. The van der Waals surface area contributed by atoms with Crippen LogP contribution in [0, 0.1) is 11.3 Å². The van der Waals surface area contributed by atoms with Crippen molar-refractivity contribution >= 4 is 87.5 Å². The highest BCUT2D eigenvalue weighted by molar-refractivity contribution is 6.17. The Morgan fingerprint density at radius 1 is 0.375 bits per heavy atom. The van der Waals surface area contributed by atoms with Gasteiger partial charge in [0, 0.05) is 54.5 Å². The van der Waals surface area contributed by atoms with Crippen molar-refractivity contribution in [1.82, 2.24) is 9.13 Å². The van der Waals surface area contributed by atoms with Gasteiger partial charge < -0.3 is 18.0 Å². The Bertz CT molecular complexity index is 3200. The number of furan rings is 2. The first-order valence-corrected chi connectivity index (χ1v) is 16.0. The van der Waals surface area contributed by atoms with Gasteiger partial charge in [-0.1, -0.05) is 54.6 Å². The summed E-state index contributed by atoms with van der Waals surface area (Å²) in [4.78, 5) is 0. The van der Waals surface area contributed by atoms with Gasteiger partial charge >= 0.3 is 0 Å². The average molecular weight is 614 g/mol. The van der Waals surface area contributed by atoms with Crippen molar-refractivity contribution < 1.29 is 8.83 Å². The molecule has 4 aromatic heterocycles. The molecule has 48 heavy (non-hydrogen) atoms. The van der Waals surface area contributed by atoms with Crippen LogP contribution in [0.4, 0.5) is 0 Å². The zero-order valence-corrected chi connectivity index (χ0v) is 25.4. The normalized spacial score (nSPS) is 12.1. The first-order chi connectivity index (χ1) is 23.7. The van der Waals surface area contributed by atoms with Gasteiger partial charge in [-0.3, -0.25) is 0 Å². The number of nitriles is 1. The molecule has 0 radical (unpaired) electrons. The molecule has 0 saturated carbocycles. The summed E-state index contributed by atoms with van der Waals surface area (Å²) in [5.41, 5.74) is 10.7. The number of para-hydroxylation sites is 3. The summed E-state index contributed by atoms with van der Waals surface area (Å²) in [5, 5.41) is 18.4. The third-order valence-electron chi connectivity index (χ3n) is 9.93. The van der Waals surface area contributed by atoms with E-state index >= 15 is 0 Å². The van der Waals surface area contributed by atoms with E-state index in [1.54, 1.807) is 0 Å². The van der Waals surface area contributed by atoms with Crippen LogP contribution >= 0.6 is 0 Å². The topological polar surface area (TPSA) is 59.9 Å². The molecule has 5 nitrogen and oxygen atoms in total. The Balaban J connectivity index is 1.17. The van der Waals surface area contributed by atoms with Gasteiger partial charge in [-0.05, 0) is 84.9 Å². The Morgan fingerprint density at radius 3 is 1.58 bits per heavy atom. The largest absolute Gasteiger partial charge is 0.456 e. The van der Waals surface area contributed by atoms with Gasteiger partial charge in [0.15, 0.2) is 0 Å². The highest BCUT2D eigenvalue weighted by atomic mass is 16.3. The first kappa shape index (κ1) is 25.4. The van der Waals surface area contributed by atoms with Crippen molar-refractivity contribution in [2.45, 2.75) is 0 Å². The van der Waals surface area contributed by atoms with Crippen molar-refractivity contribution in [3.05, 3.63) is 145 Å². The Labute approximate surface area is 272 Å². The average Bonchev–Trinajstić information content (AvgIpc) is 3.87. The molecule has 11 aromatic rings. The molecule has 0 aliphatic rings. The summed E-state index contributed by atoms with van der Waals surface area (Å²) >= 11 is 0. The monoisotopic (exact) mass is 613 g/mol. The predicted octanol–water partition coefficient (Wildman–Crippen LogP) is 11.6. The number of hydrogen-bond acceptors (Lipinski definition) is 3. The van der Waals surface area contributed by atoms with E-state index in [2.05, 4.69) is 118 Å². The molecular formula is C43H23N3O2. The molecule has 0 fully saturated rings. The molecule has 0 spiro atoms. The van der Waals surface area contributed by atoms with Gasteiger partial charge in [-0.25, -0.2) is 0 Å². The predicted molar refractivity (Wildman–Crippen MR) is 194 cm³/mol. The second kappa shape index (κ2) is 9.16. The lowest BCUT2D eigenvalue weighted by molar-refractivity contribution is 0.668. The SMILES string of the molecule is N#Cc1ccc2c(c1)c1ccccc1n2-c1ccc2oc3ccc(-n4c5ccccc5c5cc6oc7ccccc7c6cc54)cc3c2c1. The third kappa shape index (κ3) is 3.33. The highest BCUT2D eigenvalue weighted by Crippen LogP contribution is 2.40. The molecule has 0 unspecified atom stereocenters. The van der Waals surface area contributed by atoms with E-state index in [-0.39, 0.29) is 0 Å². The quantitative estimate of drug-likeness (QED) is 0.195. The molecule has 4 heterocycles. The van der Waals surface area contributed by atoms with Gasteiger partial charge in [0.05, 0.1) is 33.7 Å².